The summed E-state index contributed by atoms with van der Waals surface area (Å²) in [5.41, 5.74) is 0. The summed E-state index contributed by atoms with van der Waals surface area (Å²) >= 11 is 0. The Bertz CT molecular complexity index is 482. The Balaban J connectivity index is 4.25. The molecule has 0 aliphatic rings. The maximum absolute atomic E-state index is 12.2. The molecule has 192 valence electrons. The highest BCUT2D eigenvalue weighted by molar-refractivity contribution is 5.75. The Morgan fingerprint density at radius 1 is 0.606 bits per heavy atom. The molecule has 0 unspecified atom stereocenters. The van der Waals surface area contributed by atoms with Crippen LogP contribution in [0.1, 0.15) is 111 Å². The average molecular weight is 466 g/mol. The van der Waals surface area contributed by atoms with Crippen molar-refractivity contribution in [2.45, 2.75) is 111 Å². The molecule has 0 aromatic rings. The van der Waals surface area contributed by atoms with Crippen LogP contribution in [0.2, 0.25) is 0 Å². The molecular formula is C28H51NO4. The zero-order valence-corrected chi connectivity index (χ0v) is 21.8. The highest BCUT2D eigenvalue weighted by atomic mass is 16.5. The molecule has 0 aliphatic heterocycles. The van der Waals surface area contributed by atoms with Crippen LogP contribution in [0.3, 0.4) is 0 Å². The number of carbonyl (C=O) groups is 2. The summed E-state index contributed by atoms with van der Waals surface area (Å²) in [5, 5.41) is 0. The van der Waals surface area contributed by atoms with Gasteiger partial charge in [-0.2, -0.15) is 0 Å². The number of allylic oxidation sites excluding steroid dienone is 2. The lowest BCUT2D eigenvalue weighted by Gasteiger charge is -2.20. The van der Waals surface area contributed by atoms with Gasteiger partial charge in [0.15, 0.2) is 0 Å². The summed E-state index contributed by atoms with van der Waals surface area (Å²) in [6, 6.07) is 0. The van der Waals surface area contributed by atoms with Gasteiger partial charge in [-0.1, -0.05) is 103 Å². The molecule has 0 fully saturated rings. The fraction of sp³-hybridized carbons (Fsp3) is 0.786. The van der Waals surface area contributed by atoms with E-state index < -0.39 is 0 Å². The molecule has 0 radical (unpaired) electrons. The van der Waals surface area contributed by atoms with Gasteiger partial charge in [0.05, 0.1) is 26.3 Å². The number of rotatable bonds is 23. The van der Waals surface area contributed by atoms with Crippen LogP contribution in [-0.4, -0.2) is 49.7 Å². The molecule has 0 saturated heterocycles. The van der Waals surface area contributed by atoms with Crippen molar-refractivity contribution in [2.24, 2.45) is 0 Å². The zero-order chi connectivity index (χ0) is 24.4. The third kappa shape index (κ3) is 23.3. The van der Waals surface area contributed by atoms with Gasteiger partial charge in [-0.25, -0.2) is 0 Å². The van der Waals surface area contributed by atoms with Crippen LogP contribution in [0.4, 0.5) is 0 Å². The number of hydrogen-bond acceptors (Lipinski definition) is 5. The molecule has 33 heavy (non-hydrogen) atoms. The van der Waals surface area contributed by atoms with Gasteiger partial charge in [0.1, 0.15) is 0 Å². The zero-order valence-electron chi connectivity index (χ0n) is 21.8. The SMILES string of the molecule is CC/C=C\CCOC(=O)CN(CCCCCCCCCCCC)CC(=O)OCC/C=C\CC. The van der Waals surface area contributed by atoms with Crippen LogP contribution in [0.5, 0.6) is 0 Å². The minimum Gasteiger partial charge on any atom is -0.464 e. The van der Waals surface area contributed by atoms with E-state index in [4.69, 9.17) is 9.47 Å². The summed E-state index contributed by atoms with van der Waals surface area (Å²) < 4.78 is 10.7. The predicted octanol–water partition coefficient (Wildman–Crippen LogP) is 7.01. The minimum absolute atomic E-state index is 0.139. The summed E-state index contributed by atoms with van der Waals surface area (Å²) in [7, 11) is 0. The summed E-state index contributed by atoms with van der Waals surface area (Å²) in [5.74, 6) is -0.545. The minimum atomic E-state index is -0.273. The predicted molar refractivity (Wildman–Crippen MR) is 138 cm³/mol. The Morgan fingerprint density at radius 3 is 1.45 bits per heavy atom. The molecule has 0 N–H and O–H groups in total. The molecule has 0 aromatic heterocycles. The fourth-order valence-corrected chi connectivity index (χ4v) is 3.54. The quantitative estimate of drug-likeness (QED) is 0.0923. The molecule has 0 saturated carbocycles. The van der Waals surface area contributed by atoms with Crippen molar-refractivity contribution in [2.75, 3.05) is 32.8 Å². The van der Waals surface area contributed by atoms with E-state index in [1.807, 2.05) is 17.1 Å². The highest BCUT2D eigenvalue weighted by Crippen LogP contribution is 2.11. The smallest absolute Gasteiger partial charge is 0.320 e. The second-order valence-electron chi connectivity index (χ2n) is 8.67. The van der Waals surface area contributed by atoms with Crippen molar-refractivity contribution in [3.63, 3.8) is 0 Å². The van der Waals surface area contributed by atoms with Crippen molar-refractivity contribution in [3.8, 4) is 0 Å². The van der Waals surface area contributed by atoms with E-state index in [1.54, 1.807) is 0 Å². The largest absolute Gasteiger partial charge is 0.464 e. The first-order valence-electron chi connectivity index (χ1n) is 13.5. The van der Waals surface area contributed by atoms with Crippen molar-refractivity contribution >= 4 is 11.9 Å². The molecule has 5 nitrogen and oxygen atoms in total. The fourth-order valence-electron chi connectivity index (χ4n) is 3.54. The van der Waals surface area contributed by atoms with Crippen molar-refractivity contribution in [1.29, 1.82) is 0 Å². The Kier molecular flexibility index (Phi) is 23.8. The van der Waals surface area contributed by atoms with E-state index in [0.717, 1.165) is 38.5 Å². The average Bonchev–Trinajstić information content (AvgIpc) is 2.80. The van der Waals surface area contributed by atoms with Crippen molar-refractivity contribution in [3.05, 3.63) is 24.3 Å². The lowest BCUT2D eigenvalue weighted by atomic mass is 10.1. The number of carbonyl (C=O) groups excluding carboxylic acids is 2. The monoisotopic (exact) mass is 465 g/mol. The molecule has 0 aliphatic carbocycles. The molecule has 0 amide bonds. The molecule has 5 heteroatoms. The van der Waals surface area contributed by atoms with E-state index in [9.17, 15) is 9.59 Å². The first kappa shape index (κ1) is 31.4. The van der Waals surface area contributed by atoms with Gasteiger partial charge >= 0.3 is 11.9 Å². The summed E-state index contributed by atoms with van der Waals surface area (Å²) in [6.45, 7) is 8.16. The molecule has 0 bridgehead atoms. The maximum atomic E-state index is 12.2. The molecule has 0 spiro atoms. The third-order valence-electron chi connectivity index (χ3n) is 5.43. The second-order valence-corrected chi connectivity index (χ2v) is 8.67. The Morgan fingerprint density at radius 2 is 1.03 bits per heavy atom. The Hall–Kier alpha value is -1.62. The number of ether oxygens (including phenoxy) is 2. The van der Waals surface area contributed by atoms with Gasteiger partial charge in [-0.15, -0.1) is 0 Å². The lowest BCUT2D eigenvalue weighted by molar-refractivity contribution is -0.148. The number of esters is 2. The topological polar surface area (TPSA) is 55.8 Å². The molecule has 0 heterocycles. The van der Waals surface area contributed by atoms with Crippen LogP contribution in [-0.2, 0) is 19.1 Å². The van der Waals surface area contributed by atoms with E-state index in [2.05, 4.69) is 32.9 Å². The molecule has 0 rings (SSSR count). The normalized spacial score (nSPS) is 11.6. The second kappa shape index (κ2) is 25.0. The van der Waals surface area contributed by atoms with Crippen LogP contribution < -0.4 is 0 Å². The van der Waals surface area contributed by atoms with Crippen LogP contribution in [0.15, 0.2) is 24.3 Å². The van der Waals surface area contributed by atoms with E-state index in [-0.39, 0.29) is 25.0 Å². The number of nitrogens with zero attached hydrogens (tertiary/aromatic N) is 1. The number of hydrogen-bond donors (Lipinski definition) is 0. The maximum Gasteiger partial charge on any atom is 0.320 e. The van der Waals surface area contributed by atoms with E-state index in [1.165, 1.54) is 51.4 Å². The summed E-state index contributed by atoms with van der Waals surface area (Å²) in [6.07, 6.45) is 24.2. The molecular weight excluding hydrogens is 414 g/mol. The number of unbranched alkanes of at least 4 members (excludes halogenated alkanes) is 9. The molecule has 0 atom stereocenters. The van der Waals surface area contributed by atoms with Gasteiger partial charge in [0.25, 0.3) is 0 Å². The van der Waals surface area contributed by atoms with Gasteiger partial charge in [0.2, 0.25) is 0 Å². The first-order chi connectivity index (χ1) is 16.1. The molecule has 0 aromatic carbocycles. The lowest BCUT2D eigenvalue weighted by Crippen LogP contribution is -2.37. The Labute approximate surface area is 204 Å². The van der Waals surface area contributed by atoms with Crippen LogP contribution in [0, 0.1) is 0 Å². The van der Waals surface area contributed by atoms with Crippen molar-refractivity contribution in [1.82, 2.24) is 4.90 Å². The van der Waals surface area contributed by atoms with Gasteiger partial charge < -0.3 is 9.47 Å². The van der Waals surface area contributed by atoms with E-state index in [0.29, 0.717) is 19.8 Å². The third-order valence-corrected chi connectivity index (χ3v) is 5.43. The van der Waals surface area contributed by atoms with Crippen LogP contribution >= 0.6 is 0 Å². The highest BCUT2D eigenvalue weighted by Gasteiger charge is 2.16. The van der Waals surface area contributed by atoms with E-state index >= 15 is 0 Å². The van der Waals surface area contributed by atoms with Gasteiger partial charge in [-0.3, -0.25) is 14.5 Å². The van der Waals surface area contributed by atoms with Gasteiger partial charge in [0, 0.05) is 0 Å². The standard InChI is InChI=1S/C28H51NO4/c1-4-7-10-13-14-15-16-17-18-19-22-29(25-27(30)32-23-20-11-8-5-2)26-28(31)33-24-21-12-9-6-3/h8-9,11-12H,4-7,10,13-26H2,1-3H3/b11-8-,12-9-. The van der Waals surface area contributed by atoms with Gasteiger partial charge in [-0.05, 0) is 38.6 Å². The summed E-state index contributed by atoms with van der Waals surface area (Å²) in [4.78, 5) is 26.3. The van der Waals surface area contributed by atoms with Crippen molar-refractivity contribution < 1.29 is 19.1 Å². The van der Waals surface area contributed by atoms with Crippen LogP contribution in [0.25, 0.3) is 0 Å². The first-order valence-corrected chi connectivity index (χ1v) is 13.5.